The van der Waals surface area contributed by atoms with Crippen LogP contribution in [0.4, 0.5) is 5.69 Å². The molecule has 1 atom stereocenters. The Balaban J connectivity index is 1.50. The van der Waals surface area contributed by atoms with Gasteiger partial charge in [-0.2, -0.15) is 0 Å². The lowest BCUT2D eigenvalue weighted by atomic mass is 9.92. The number of hydrogen-bond donors (Lipinski definition) is 0. The van der Waals surface area contributed by atoms with Gasteiger partial charge in [-0.15, -0.1) is 0 Å². The van der Waals surface area contributed by atoms with E-state index in [0.29, 0.717) is 32.8 Å². The fourth-order valence-corrected chi connectivity index (χ4v) is 4.49. The Kier molecular flexibility index (Phi) is 4.71. The second-order valence-corrected chi connectivity index (χ2v) is 7.79. The van der Waals surface area contributed by atoms with Crippen molar-refractivity contribution in [1.29, 1.82) is 0 Å². The Hall–Kier alpha value is -1.92. The summed E-state index contributed by atoms with van der Waals surface area (Å²) in [6, 6.07) is 9.85. The van der Waals surface area contributed by atoms with Crippen LogP contribution in [-0.4, -0.2) is 73.6 Å². The first-order valence-electron chi connectivity index (χ1n) is 9.52. The lowest BCUT2D eigenvalue weighted by Gasteiger charge is -2.46. The molecule has 3 saturated heterocycles. The first-order chi connectivity index (χ1) is 12.6. The van der Waals surface area contributed by atoms with Gasteiger partial charge in [0, 0.05) is 44.5 Å². The van der Waals surface area contributed by atoms with Crippen LogP contribution in [-0.2, 0) is 14.3 Å². The molecule has 0 N–H and O–H groups in total. The first-order valence-corrected chi connectivity index (χ1v) is 9.52. The number of carbonyl (C=O) groups excluding carboxylic acids is 2. The van der Waals surface area contributed by atoms with Crippen molar-refractivity contribution < 1.29 is 14.3 Å². The van der Waals surface area contributed by atoms with Crippen LogP contribution in [0.2, 0.25) is 0 Å². The molecule has 3 aliphatic heterocycles. The van der Waals surface area contributed by atoms with E-state index in [0.717, 1.165) is 31.5 Å². The lowest BCUT2D eigenvalue weighted by Crippen LogP contribution is -2.64. The Morgan fingerprint density at radius 2 is 1.88 bits per heavy atom. The maximum Gasteiger partial charge on any atom is 0.241 e. The topological polar surface area (TPSA) is 53.1 Å². The van der Waals surface area contributed by atoms with Gasteiger partial charge < -0.3 is 14.5 Å². The second kappa shape index (κ2) is 7.00. The molecule has 0 radical (unpaired) electrons. The van der Waals surface area contributed by atoms with Crippen molar-refractivity contribution >= 4 is 17.5 Å². The molecule has 6 heteroatoms. The van der Waals surface area contributed by atoms with E-state index < -0.39 is 0 Å². The highest BCUT2D eigenvalue weighted by molar-refractivity contribution is 5.96. The Morgan fingerprint density at radius 3 is 2.62 bits per heavy atom. The van der Waals surface area contributed by atoms with Gasteiger partial charge in [-0.1, -0.05) is 18.2 Å². The summed E-state index contributed by atoms with van der Waals surface area (Å²) in [5.41, 5.74) is 0.795. The Labute approximate surface area is 154 Å². The molecule has 3 fully saturated rings. The minimum absolute atomic E-state index is 0.0969. The monoisotopic (exact) mass is 357 g/mol. The van der Waals surface area contributed by atoms with E-state index in [2.05, 4.69) is 4.90 Å². The molecule has 0 bridgehead atoms. The number of rotatable bonds is 2. The molecule has 3 aliphatic rings. The Morgan fingerprint density at radius 1 is 1.15 bits per heavy atom. The zero-order valence-electron chi connectivity index (χ0n) is 15.4. The van der Waals surface area contributed by atoms with Crippen LogP contribution in [0.15, 0.2) is 30.3 Å². The lowest BCUT2D eigenvalue weighted by molar-refractivity contribution is -0.138. The summed E-state index contributed by atoms with van der Waals surface area (Å²) in [7, 11) is 2.02. The summed E-state index contributed by atoms with van der Waals surface area (Å²) in [6.07, 6.45) is 2.56. The number of likely N-dealkylation sites (N-methyl/N-ethyl adjacent to an activating group) is 1. The van der Waals surface area contributed by atoms with Crippen molar-refractivity contribution in [3.05, 3.63) is 30.3 Å². The SMILES string of the molecule is CN1CC(=O)N(c2ccccc2)C[C@]12CCN(C(=O)C1CCOCC1)C2. The average Bonchev–Trinajstić information content (AvgIpc) is 3.11. The van der Waals surface area contributed by atoms with E-state index in [1.807, 2.05) is 47.2 Å². The molecule has 3 heterocycles. The molecule has 4 rings (SSSR count). The van der Waals surface area contributed by atoms with Gasteiger partial charge in [0.1, 0.15) is 0 Å². The number of nitrogens with zero attached hydrogens (tertiary/aromatic N) is 3. The third-order valence-electron chi connectivity index (χ3n) is 6.22. The fourth-order valence-electron chi connectivity index (χ4n) is 4.49. The molecule has 0 unspecified atom stereocenters. The standard InChI is InChI=1S/C20H27N3O3/c1-21-13-18(24)23(17-5-3-2-4-6-17)15-20(21)9-10-22(14-20)19(25)16-7-11-26-12-8-16/h2-6,16H,7-15H2,1H3/t20-/m1/s1. The highest BCUT2D eigenvalue weighted by Gasteiger charge is 2.49. The second-order valence-electron chi connectivity index (χ2n) is 7.79. The third kappa shape index (κ3) is 3.12. The largest absolute Gasteiger partial charge is 0.381 e. The molecule has 0 aromatic heterocycles. The zero-order valence-corrected chi connectivity index (χ0v) is 15.4. The molecule has 140 valence electrons. The maximum atomic E-state index is 12.9. The van der Waals surface area contributed by atoms with Gasteiger partial charge in [0.25, 0.3) is 0 Å². The van der Waals surface area contributed by atoms with Crippen molar-refractivity contribution in [1.82, 2.24) is 9.80 Å². The molecular formula is C20H27N3O3. The fraction of sp³-hybridized carbons (Fsp3) is 0.600. The number of likely N-dealkylation sites (tertiary alicyclic amines) is 1. The van der Waals surface area contributed by atoms with Gasteiger partial charge in [0.2, 0.25) is 11.8 Å². The summed E-state index contributed by atoms with van der Waals surface area (Å²) in [4.78, 5) is 31.6. The molecule has 0 aliphatic carbocycles. The quantitative estimate of drug-likeness (QED) is 0.802. The zero-order chi connectivity index (χ0) is 18.1. The van der Waals surface area contributed by atoms with Crippen LogP contribution in [0.3, 0.4) is 0 Å². The number of hydrogen-bond acceptors (Lipinski definition) is 4. The number of carbonyl (C=O) groups is 2. The van der Waals surface area contributed by atoms with Crippen LogP contribution in [0, 0.1) is 5.92 Å². The predicted molar refractivity (Wildman–Crippen MR) is 98.9 cm³/mol. The summed E-state index contributed by atoms with van der Waals surface area (Å²) in [6.45, 7) is 3.89. The third-order valence-corrected chi connectivity index (χ3v) is 6.22. The van der Waals surface area contributed by atoms with Crippen LogP contribution in [0.25, 0.3) is 0 Å². The molecule has 6 nitrogen and oxygen atoms in total. The minimum Gasteiger partial charge on any atom is -0.381 e. The van der Waals surface area contributed by atoms with E-state index in [4.69, 9.17) is 4.74 Å². The van der Waals surface area contributed by atoms with Gasteiger partial charge in [0.05, 0.1) is 12.1 Å². The summed E-state index contributed by atoms with van der Waals surface area (Å²) in [5.74, 6) is 0.486. The minimum atomic E-state index is -0.148. The van der Waals surface area contributed by atoms with E-state index in [1.54, 1.807) is 0 Å². The molecule has 1 spiro atoms. The smallest absolute Gasteiger partial charge is 0.241 e. The summed E-state index contributed by atoms with van der Waals surface area (Å²) in [5, 5.41) is 0. The number of amides is 2. The van der Waals surface area contributed by atoms with Crippen LogP contribution in [0.5, 0.6) is 0 Å². The number of para-hydroxylation sites is 1. The Bertz CT molecular complexity index is 674. The molecule has 0 saturated carbocycles. The van der Waals surface area contributed by atoms with E-state index in [1.165, 1.54) is 0 Å². The number of ether oxygens (including phenoxy) is 1. The van der Waals surface area contributed by atoms with Crippen LogP contribution < -0.4 is 4.90 Å². The molecule has 26 heavy (non-hydrogen) atoms. The molecule has 1 aromatic rings. The highest BCUT2D eigenvalue weighted by atomic mass is 16.5. The number of piperazine rings is 1. The molecular weight excluding hydrogens is 330 g/mol. The van der Waals surface area contributed by atoms with Crippen molar-refractivity contribution in [2.75, 3.05) is 51.3 Å². The van der Waals surface area contributed by atoms with Crippen molar-refractivity contribution in [3.8, 4) is 0 Å². The van der Waals surface area contributed by atoms with Gasteiger partial charge in [-0.05, 0) is 38.4 Å². The normalized spacial score (nSPS) is 28.1. The van der Waals surface area contributed by atoms with Gasteiger partial charge in [0.15, 0.2) is 0 Å². The van der Waals surface area contributed by atoms with E-state index >= 15 is 0 Å². The van der Waals surface area contributed by atoms with Crippen LogP contribution in [0.1, 0.15) is 19.3 Å². The van der Waals surface area contributed by atoms with Crippen LogP contribution >= 0.6 is 0 Å². The summed E-state index contributed by atoms with van der Waals surface area (Å²) < 4.78 is 5.39. The van der Waals surface area contributed by atoms with Crippen molar-refractivity contribution in [2.45, 2.75) is 24.8 Å². The highest BCUT2D eigenvalue weighted by Crippen LogP contribution is 2.34. The molecule has 1 aromatic carbocycles. The number of anilines is 1. The number of benzene rings is 1. The average molecular weight is 357 g/mol. The van der Waals surface area contributed by atoms with Gasteiger partial charge in [-0.3, -0.25) is 14.5 Å². The van der Waals surface area contributed by atoms with Crippen molar-refractivity contribution in [2.24, 2.45) is 5.92 Å². The summed E-state index contributed by atoms with van der Waals surface area (Å²) >= 11 is 0. The predicted octanol–water partition coefficient (Wildman–Crippen LogP) is 1.36. The van der Waals surface area contributed by atoms with Gasteiger partial charge >= 0.3 is 0 Å². The van der Waals surface area contributed by atoms with E-state index in [-0.39, 0.29) is 23.3 Å². The first kappa shape index (κ1) is 17.5. The maximum absolute atomic E-state index is 12.9. The van der Waals surface area contributed by atoms with Crippen molar-refractivity contribution in [3.63, 3.8) is 0 Å². The molecule has 2 amide bonds. The van der Waals surface area contributed by atoms with E-state index in [9.17, 15) is 9.59 Å². The van der Waals surface area contributed by atoms with Gasteiger partial charge in [-0.25, -0.2) is 0 Å².